The van der Waals surface area contributed by atoms with E-state index in [2.05, 4.69) is 0 Å². The second kappa shape index (κ2) is 4.75. The molecule has 0 aliphatic carbocycles. The average molecular weight is 210 g/mol. The van der Waals surface area contributed by atoms with Crippen LogP contribution in [0.4, 0.5) is 5.69 Å². The highest BCUT2D eigenvalue weighted by atomic mass is 16.6. The number of nitrogens with zero attached hydrogens (tertiary/aromatic N) is 1. The number of nitrogens with two attached hydrogens (primary N) is 1. The first-order chi connectivity index (χ1) is 7.10. The molecule has 1 aromatic rings. The number of non-ortho nitro benzene ring substituents is 1. The van der Waals surface area contributed by atoms with Crippen molar-refractivity contribution in [3.8, 4) is 5.75 Å². The molecule has 1 unspecified atom stereocenters. The van der Waals surface area contributed by atoms with E-state index in [1.54, 1.807) is 6.07 Å². The van der Waals surface area contributed by atoms with Crippen LogP contribution < -0.4 is 10.5 Å². The molecular weight excluding hydrogens is 196 g/mol. The zero-order valence-corrected chi connectivity index (χ0v) is 8.77. The van der Waals surface area contributed by atoms with E-state index in [1.165, 1.54) is 19.2 Å². The van der Waals surface area contributed by atoms with Crippen LogP contribution in [0.5, 0.6) is 5.75 Å². The molecule has 0 bridgehead atoms. The van der Waals surface area contributed by atoms with Gasteiger partial charge in [0, 0.05) is 23.7 Å². The third kappa shape index (κ3) is 2.44. The van der Waals surface area contributed by atoms with Gasteiger partial charge in [-0.15, -0.1) is 0 Å². The van der Waals surface area contributed by atoms with Gasteiger partial charge in [-0.2, -0.15) is 0 Å². The summed E-state index contributed by atoms with van der Waals surface area (Å²) in [5.74, 6) is 0.593. The first-order valence-electron chi connectivity index (χ1n) is 4.68. The van der Waals surface area contributed by atoms with Crippen LogP contribution in [0.15, 0.2) is 18.2 Å². The van der Waals surface area contributed by atoms with Crippen molar-refractivity contribution in [1.82, 2.24) is 0 Å². The summed E-state index contributed by atoms with van der Waals surface area (Å²) in [4.78, 5) is 10.1. The van der Waals surface area contributed by atoms with Gasteiger partial charge in [-0.3, -0.25) is 10.1 Å². The fraction of sp³-hybridized carbons (Fsp3) is 0.400. The Morgan fingerprint density at radius 3 is 2.73 bits per heavy atom. The van der Waals surface area contributed by atoms with Crippen LogP contribution in [0.3, 0.4) is 0 Å². The molecule has 0 saturated carbocycles. The van der Waals surface area contributed by atoms with Gasteiger partial charge in [-0.05, 0) is 12.5 Å². The van der Waals surface area contributed by atoms with Crippen molar-refractivity contribution in [1.29, 1.82) is 0 Å². The number of benzene rings is 1. The SMILES string of the molecule is CCC(N)c1cc([N+](=O)[O-])ccc1OC. The normalized spacial score (nSPS) is 12.2. The molecule has 1 rings (SSSR count). The molecule has 0 spiro atoms. The van der Waals surface area contributed by atoms with Gasteiger partial charge in [-0.25, -0.2) is 0 Å². The van der Waals surface area contributed by atoms with Gasteiger partial charge in [0.1, 0.15) is 5.75 Å². The summed E-state index contributed by atoms with van der Waals surface area (Å²) in [6.45, 7) is 1.92. The Morgan fingerprint density at radius 1 is 1.60 bits per heavy atom. The van der Waals surface area contributed by atoms with Crippen molar-refractivity contribution in [2.24, 2.45) is 5.73 Å². The second-order valence-corrected chi connectivity index (χ2v) is 3.20. The monoisotopic (exact) mass is 210 g/mol. The maximum Gasteiger partial charge on any atom is 0.270 e. The Bertz CT molecular complexity index is 366. The lowest BCUT2D eigenvalue weighted by molar-refractivity contribution is -0.385. The highest BCUT2D eigenvalue weighted by Crippen LogP contribution is 2.29. The lowest BCUT2D eigenvalue weighted by atomic mass is 10.0. The predicted molar refractivity (Wildman–Crippen MR) is 56.9 cm³/mol. The summed E-state index contributed by atoms with van der Waals surface area (Å²) in [5.41, 5.74) is 6.55. The molecule has 5 heteroatoms. The van der Waals surface area contributed by atoms with Gasteiger partial charge < -0.3 is 10.5 Å². The number of rotatable bonds is 4. The molecule has 2 N–H and O–H groups in total. The minimum Gasteiger partial charge on any atom is -0.496 e. The van der Waals surface area contributed by atoms with Crippen molar-refractivity contribution in [3.05, 3.63) is 33.9 Å². The Morgan fingerprint density at radius 2 is 2.27 bits per heavy atom. The van der Waals surface area contributed by atoms with E-state index >= 15 is 0 Å². The molecule has 0 heterocycles. The molecule has 82 valence electrons. The zero-order chi connectivity index (χ0) is 11.4. The predicted octanol–water partition coefficient (Wildman–Crippen LogP) is 2.01. The van der Waals surface area contributed by atoms with Crippen molar-refractivity contribution in [3.63, 3.8) is 0 Å². The van der Waals surface area contributed by atoms with Gasteiger partial charge in [0.25, 0.3) is 5.69 Å². The van der Waals surface area contributed by atoms with E-state index in [0.717, 1.165) is 0 Å². The summed E-state index contributed by atoms with van der Waals surface area (Å²) in [6, 6.07) is 4.21. The summed E-state index contributed by atoms with van der Waals surface area (Å²) in [7, 11) is 1.52. The molecule has 0 radical (unpaired) electrons. The molecule has 1 aromatic carbocycles. The summed E-state index contributed by atoms with van der Waals surface area (Å²) in [5, 5.41) is 10.6. The van der Waals surface area contributed by atoms with E-state index in [0.29, 0.717) is 17.7 Å². The molecule has 0 amide bonds. The number of methoxy groups -OCH3 is 1. The number of nitro benzene ring substituents is 1. The number of hydrogen-bond acceptors (Lipinski definition) is 4. The third-order valence-corrected chi connectivity index (χ3v) is 2.26. The van der Waals surface area contributed by atoms with Gasteiger partial charge in [0.05, 0.1) is 12.0 Å². The maximum absolute atomic E-state index is 10.6. The van der Waals surface area contributed by atoms with Crippen LogP contribution >= 0.6 is 0 Å². The lowest BCUT2D eigenvalue weighted by Crippen LogP contribution is -2.10. The van der Waals surface area contributed by atoms with Crippen LogP contribution in [0.25, 0.3) is 0 Å². The first-order valence-corrected chi connectivity index (χ1v) is 4.68. The smallest absolute Gasteiger partial charge is 0.270 e. The second-order valence-electron chi connectivity index (χ2n) is 3.20. The summed E-state index contributed by atoms with van der Waals surface area (Å²) in [6.07, 6.45) is 0.706. The Hall–Kier alpha value is -1.62. The molecule has 0 aliphatic rings. The third-order valence-electron chi connectivity index (χ3n) is 2.26. The largest absolute Gasteiger partial charge is 0.496 e. The van der Waals surface area contributed by atoms with Gasteiger partial charge in [-0.1, -0.05) is 6.92 Å². The van der Waals surface area contributed by atoms with Crippen LogP contribution in [0, 0.1) is 10.1 Å². The fourth-order valence-corrected chi connectivity index (χ4v) is 1.34. The molecule has 0 aliphatic heterocycles. The van der Waals surface area contributed by atoms with Gasteiger partial charge >= 0.3 is 0 Å². The van der Waals surface area contributed by atoms with E-state index < -0.39 is 4.92 Å². The van der Waals surface area contributed by atoms with Gasteiger partial charge in [0.2, 0.25) is 0 Å². The molecule has 0 fully saturated rings. The molecular formula is C10H14N2O3. The highest BCUT2D eigenvalue weighted by Gasteiger charge is 2.15. The summed E-state index contributed by atoms with van der Waals surface area (Å²) >= 11 is 0. The Balaban J connectivity index is 3.18. The number of hydrogen-bond donors (Lipinski definition) is 1. The van der Waals surface area contributed by atoms with Crippen LogP contribution in [-0.4, -0.2) is 12.0 Å². The van der Waals surface area contributed by atoms with Gasteiger partial charge in [0.15, 0.2) is 0 Å². The standard InChI is InChI=1S/C10H14N2O3/c1-3-9(11)8-6-7(12(13)14)4-5-10(8)15-2/h4-6,9H,3,11H2,1-2H3. The first kappa shape index (κ1) is 11.5. The van der Waals surface area contributed by atoms with Crippen molar-refractivity contribution < 1.29 is 9.66 Å². The highest BCUT2D eigenvalue weighted by molar-refractivity contribution is 5.45. The number of ether oxygens (including phenoxy) is 1. The van der Waals surface area contributed by atoms with Crippen molar-refractivity contribution in [2.45, 2.75) is 19.4 Å². The van der Waals surface area contributed by atoms with Crippen molar-refractivity contribution in [2.75, 3.05) is 7.11 Å². The van der Waals surface area contributed by atoms with Crippen molar-refractivity contribution >= 4 is 5.69 Å². The molecule has 0 saturated heterocycles. The minimum atomic E-state index is -0.439. The summed E-state index contributed by atoms with van der Waals surface area (Å²) < 4.78 is 5.10. The quantitative estimate of drug-likeness (QED) is 0.609. The van der Waals surface area contributed by atoms with Crippen LogP contribution in [-0.2, 0) is 0 Å². The molecule has 5 nitrogen and oxygen atoms in total. The number of nitro groups is 1. The molecule has 0 aromatic heterocycles. The topological polar surface area (TPSA) is 78.4 Å². The fourth-order valence-electron chi connectivity index (χ4n) is 1.34. The average Bonchev–Trinajstić information content (AvgIpc) is 2.27. The molecule has 1 atom stereocenters. The van der Waals surface area contributed by atoms with E-state index in [-0.39, 0.29) is 11.7 Å². The Kier molecular flexibility index (Phi) is 3.62. The Labute approximate surface area is 88.0 Å². The molecule has 15 heavy (non-hydrogen) atoms. The van der Waals surface area contributed by atoms with E-state index in [9.17, 15) is 10.1 Å². The lowest BCUT2D eigenvalue weighted by Gasteiger charge is -2.13. The maximum atomic E-state index is 10.6. The van der Waals surface area contributed by atoms with E-state index in [1.807, 2.05) is 6.92 Å². The zero-order valence-electron chi connectivity index (χ0n) is 8.77. The van der Waals surface area contributed by atoms with Crippen LogP contribution in [0.2, 0.25) is 0 Å². The van der Waals surface area contributed by atoms with Crippen LogP contribution in [0.1, 0.15) is 24.9 Å². The minimum absolute atomic E-state index is 0.0368. The van der Waals surface area contributed by atoms with E-state index in [4.69, 9.17) is 10.5 Å².